The van der Waals surface area contributed by atoms with Gasteiger partial charge >= 0.3 is 6.18 Å². The van der Waals surface area contributed by atoms with Crippen LogP contribution in [0.2, 0.25) is 0 Å². The Bertz CT molecular complexity index is 1020. The van der Waals surface area contributed by atoms with Crippen molar-refractivity contribution in [3.05, 3.63) is 48.2 Å². The molecule has 4 atom stereocenters. The van der Waals surface area contributed by atoms with Crippen LogP contribution in [0.5, 0.6) is 0 Å². The van der Waals surface area contributed by atoms with Gasteiger partial charge in [0.2, 0.25) is 11.8 Å². The summed E-state index contributed by atoms with van der Waals surface area (Å²) in [5.41, 5.74) is 0.0952. The van der Waals surface area contributed by atoms with Crippen molar-refractivity contribution in [3.8, 4) is 0 Å². The van der Waals surface area contributed by atoms with Crippen LogP contribution in [0.25, 0.3) is 10.9 Å². The lowest BCUT2D eigenvalue weighted by molar-refractivity contribution is -0.140. The number of imide groups is 1. The Hall–Kier alpha value is -2.90. The number of alkyl halides is 3. The molecule has 2 aliphatic carbocycles. The standard InChI is InChI=1S/C21H18F3N3O2/c22-21(23,24)13-3-4-14-15(5-6-25-16(14)10-13)26-7-8-27-19(28)17-11-1-2-12(9-11)18(17)20(27)29/h1-6,10-12,17-18H,7-9H2,(H,25,26). The maximum Gasteiger partial charge on any atom is 0.416 e. The van der Waals surface area contributed by atoms with Gasteiger partial charge in [0.05, 0.1) is 22.9 Å². The van der Waals surface area contributed by atoms with Gasteiger partial charge in [-0.15, -0.1) is 0 Å². The van der Waals surface area contributed by atoms with Crippen molar-refractivity contribution >= 4 is 28.4 Å². The van der Waals surface area contributed by atoms with Gasteiger partial charge in [-0.2, -0.15) is 13.2 Å². The van der Waals surface area contributed by atoms with Crippen molar-refractivity contribution in [2.45, 2.75) is 12.6 Å². The molecule has 2 amide bonds. The Labute approximate surface area is 164 Å². The molecule has 8 heteroatoms. The summed E-state index contributed by atoms with van der Waals surface area (Å²) in [6.45, 7) is 0.550. The van der Waals surface area contributed by atoms with E-state index in [1.165, 1.54) is 17.2 Å². The molecule has 2 aromatic rings. The van der Waals surface area contributed by atoms with Crippen LogP contribution in [0.15, 0.2) is 42.6 Å². The Kier molecular flexibility index (Phi) is 3.94. The minimum absolute atomic E-state index is 0.104. The van der Waals surface area contributed by atoms with Crippen molar-refractivity contribution in [1.29, 1.82) is 0 Å². The number of fused-ring (bicyclic) bond motifs is 6. The zero-order valence-corrected chi connectivity index (χ0v) is 15.3. The molecule has 1 aliphatic heterocycles. The molecule has 4 unspecified atom stereocenters. The number of likely N-dealkylation sites (tertiary alicyclic amines) is 1. The van der Waals surface area contributed by atoms with E-state index in [-0.39, 0.29) is 47.5 Å². The van der Waals surface area contributed by atoms with Crippen molar-refractivity contribution in [2.75, 3.05) is 18.4 Å². The number of nitrogens with zero attached hydrogens (tertiary/aromatic N) is 2. The zero-order chi connectivity index (χ0) is 20.3. The van der Waals surface area contributed by atoms with E-state index in [1.807, 2.05) is 0 Å². The smallest absolute Gasteiger partial charge is 0.383 e. The van der Waals surface area contributed by atoms with Gasteiger partial charge in [0.15, 0.2) is 0 Å². The molecule has 5 rings (SSSR count). The van der Waals surface area contributed by atoms with Gasteiger partial charge in [-0.3, -0.25) is 19.5 Å². The Morgan fingerprint density at radius 1 is 1.07 bits per heavy atom. The zero-order valence-electron chi connectivity index (χ0n) is 15.3. The minimum Gasteiger partial charge on any atom is -0.383 e. The first-order chi connectivity index (χ1) is 13.8. The van der Waals surface area contributed by atoms with Gasteiger partial charge in [-0.25, -0.2) is 0 Å². The molecular formula is C21H18F3N3O2. The number of carbonyl (C=O) groups excluding carboxylic acids is 2. The molecular weight excluding hydrogens is 383 g/mol. The fraction of sp³-hybridized carbons (Fsp3) is 0.381. The van der Waals surface area contributed by atoms with E-state index in [4.69, 9.17) is 0 Å². The van der Waals surface area contributed by atoms with Gasteiger partial charge in [-0.05, 0) is 36.5 Å². The molecule has 1 saturated heterocycles. The minimum atomic E-state index is -4.43. The third-order valence-electron chi connectivity index (χ3n) is 6.28. The molecule has 1 N–H and O–H groups in total. The second-order valence-electron chi connectivity index (χ2n) is 7.84. The lowest BCUT2D eigenvalue weighted by Crippen LogP contribution is -2.36. The maximum atomic E-state index is 12.9. The van der Waals surface area contributed by atoms with Crippen molar-refractivity contribution in [1.82, 2.24) is 9.88 Å². The summed E-state index contributed by atoms with van der Waals surface area (Å²) in [6, 6.07) is 5.08. The predicted octanol–water partition coefficient (Wildman–Crippen LogP) is 3.47. The van der Waals surface area contributed by atoms with E-state index >= 15 is 0 Å². The summed E-state index contributed by atoms with van der Waals surface area (Å²) in [4.78, 5) is 30.8. The number of allylic oxidation sites excluding steroid dienone is 2. The second-order valence-corrected chi connectivity index (χ2v) is 7.84. The fourth-order valence-corrected chi connectivity index (χ4v) is 4.97. The monoisotopic (exact) mass is 401 g/mol. The van der Waals surface area contributed by atoms with E-state index in [0.29, 0.717) is 17.6 Å². The van der Waals surface area contributed by atoms with Gasteiger partial charge < -0.3 is 5.32 Å². The molecule has 1 aromatic heterocycles. The van der Waals surface area contributed by atoms with Crippen LogP contribution in [0.4, 0.5) is 18.9 Å². The van der Waals surface area contributed by atoms with Gasteiger partial charge in [-0.1, -0.05) is 18.2 Å². The fourth-order valence-electron chi connectivity index (χ4n) is 4.97. The number of hydrogen-bond donors (Lipinski definition) is 1. The van der Waals surface area contributed by atoms with E-state index in [1.54, 1.807) is 6.07 Å². The van der Waals surface area contributed by atoms with E-state index in [9.17, 15) is 22.8 Å². The summed E-state index contributed by atoms with van der Waals surface area (Å²) >= 11 is 0. The number of carbonyl (C=O) groups is 2. The molecule has 5 nitrogen and oxygen atoms in total. The van der Waals surface area contributed by atoms with Gasteiger partial charge in [0.25, 0.3) is 0 Å². The summed E-state index contributed by atoms with van der Waals surface area (Å²) in [6.07, 6.45) is 2.00. The summed E-state index contributed by atoms with van der Waals surface area (Å²) in [7, 11) is 0. The number of amides is 2. The molecule has 0 radical (unpaired) electrons. The first-order valence-electron chi connectivity index (χ1n) is 9.58. The highest BCUT2D eigenvalue weighted by Crippen LogP contribution is 2.52. The Balaban J connectivity index is 1.29. The lowest BCUT2D eigenvalue weighted by Gasteiger charge is -2.18. The van der Waals surface area contributed by atoms with Gasteiger partial charge in [0.1, 0.15) is 0 Å². The molecule has 2 bridgehead atoms. The number of rotatable bonds is 4. The van der Waals surface area contributed by atoms with Crippen LogP contribution in [0, 0.1) is 23.7 Å². The number of pyridine rings is 1. The molecule has 1 aromatic carbocycles. The van der Waals surface area contributed by atoms with Crippen LogP contribution >= 0.6 is 0 Å². The topological polar surface area (TPSA) is 62.3 Å². The lowest BCUT2D eigenvalue weighted by atomic mass is 9.85. The molecule has 0 spiro atoms. The number of nitrogens with one attached hydrogen (secondary N) is 1. The normalized spacial score (nSPS) is 27.9. The maximum absolute atomic E-state index is 12.9. The largest absolute Gasteiger partial charge is 0.416 e. The number of aromatic nitrogens is 1. The van der Waals surface area contributed by atoms with Crippen LogP contribution in [0.1, 0.15) is 12.0 Å². The van der Waals surface area contributed by atoms with Crippen LogP contribution < -0.4 is 5.32 Å². The van der Waals surface area contributed by atoms with Crippen LogP contribution in [-0.4, -0.2) is 34.8 Å². The van der Waals surface area contributed by atoms with Crippen molar-refractivity contribution < 1.29 is 22.8 Å². The summed E-state index contributed by atoms with van der Waals surface area (Å²) in [5, 5.41) is 3.69. The van der Waals surface area contributed by atoms with E-state index < -0.39 is 11.7 Å². The first-order valence-corrected chi connectivity index (χ1v) is 9.58. The highest BCUT2D eigenvalue weighted by atomic mass is 19.4. The van der Waals surface area contributed by atoms with Gasteiger partial charge in [0, 0.05) is 30.4 Å². The van der Waals surface area contributed by atoms with Crippen molar-refractivity contribution in [3.63, 3.8) is 0 Å². The van der Waals surface area contributed by atoms with E-state index in [0.717, 1.165) is 18.6 Å². The molecule has 150 valence electrons. The third-order valence-corrected chi connectivity index (χ3v) is 6.28. The van der Waals surface area contributed by atoms with E-state index in [2.05, 4.69) is 22.5 Å². The molecule has 2 heterocycles. The molecule has 29 heavy (non-hydrogen) atoms. The number of hydrogen-bond acceptors (Lipinski definition) is 4. The quantitative estimate of drug-likeness (QED) is 0.630. The van der Waals surface area contributed by atoms with Crippen molar-refractivity contribution in [2.24, 2.45) is 23.7 Å². The highest BCUT2D eigenvalue weighted by molar-refractivity contribution is 6.06. The molecule has 2 fully saturated rings. The average Bonchev–Trinajstić information content (AvgIpc) is 3.36. The average molecular weight is 401 g/mol. The Morgan fingerprint density at radius 3 is 2.41 bits per heavy atom. The summed E-state index contributed by atoms with van der Waals surface area (Å²) in [5.74, 6) is -0.307. The molecule has 3 aliphatic rings. The predicted molar refractivity (Wildman–Crippen MR) is 99.7 cm³/mol. The second kappa shape index (κ2) is 6.30. The third kappa shape index (κ3) is 2.81. The Morgan fingerprint density at radius 2 is 1.76 bits per heavy atom. The molecule has 1 saturated carbocycles. The summed E-state index contributed by atoms with van der Waals surface area (Å²) < 4.78 is 38.7. The first kappa shape index (κ1) is 18.1. The van der Waals surface area contributed by atoms with Crippen LogP contribution in [-0.2, 0) is 15.8 Å². The number of halogens is 3. The number of benzene rings is 1. The highest BCUT2D eigenvalue weighted by Gasteiger charge is 2.58. The number of anilines is 1. The SMILES string of the molecule is O=C1C2C3C=CC(C3)C2C(=O)N1CCNc1ccnc2cc(C(F)(F)F)ccc12. The van der Waals surface area contributed by atoms with Crippen LogP contribution in [0.3, 0.4) is 0 Å².